The summed E-state index contributed by atoms with van der Waals surface area (Å²) < 4.78 is 36.1. The minimum absolute atomic E-state index is 0.109. The summed E-state index contributed by atoms with van der Waals surface area (Å²) in [4.78, 5) is 43.4. The minimum Gasteiger partial charge on any atom is -0.383 e. The summed E-state index contributed by atoms with van der Waals surface area (Å²) in [6, 6.07) is 11.7. The van der Waals surface area contributed by atoms with E-state index in [1.807, 2.05) is 30.3 Å². The second-order valence-corrected chi connectivity index (χ2v) is 7.52. The maximum Gasteiger partial charge on any atom is 0.333 e. The monoisotopic (exact) mass is 469 g/mol. The maximum atomic E-state index is 13.9. The number of rotatable bonds is 8. The molecule has 0 spiro atoms. The molecule has 0 bridgehead atoms. The smallest absolute Gasteiger partial charge is 0.333 e. The Kier molecular flexibility index (Phi) is 6.64. The average Bonchev–Trinajstić information content (AvgIpc) is 3.25. The van der Waals surface area contributed by atoms with Gasteiger partial charge in [0.2, 0.25) is 5.91 Å². The lowest BCUT2D eigenvalue weighted by atomic mass is 10.2. The van der Waals surface area contributed by atoms with Crippen molar-refractivity contribution < 1.29 is 18.3 Å². The Morgan fingerprint density at radius 1 is 1.09 bits per heavy atom. The fourth-order valence-corrected chi connectivity index (χ4v) is 3.57. The number of hydrogen-bond acceptors (Lipinski definition) is 5. The van der Waals surface area contributed by atoms with E-state index in [9.17, 15) is 23.2 Å². The van der Waals surface area contributed by atoms with Crippen LogP contribution in [0.25, 0.3) is 11.2 Å². The van der Waals surface area contributed by atoms with Crippen LogP contribution in [0.4, 0.5) is 14.5 Å². The van der Waals surface area contributed by atoms with Gasteiger partial charge in [0.1, 0.15) is 18.2 Å². The summed E-state index contributed by atoms with van der Waals surface area (Å²) in [5, 5.41) is 2.21. The Morgan fingerprint density at radius 2 is 1.85 bits per heavy atom. The van der Waals surface area contributed by atoms with Gasteiger partial charge >= 0.3 is 5.69 Å². The van der Waals surface area contributed by atoms with Crippen LogP contribution in [0.3, 0.4) is 0 Å². The van der Waals surface area contributed by atoms with Crippen LogP contribution < -0.4 is 16.6 Å². The first kappa shape index (κ1) is 23.1. The number of amides is 1. The van der Waals surface area contributed by atoms with Gasteiger partial charge in [0.25, 0.3) is 5.56 Å². The number of halogens is 2. The highest BCUT2D eigenvalue weighted by Crippen LogP contribution is 2.15. The summed E-state index contributed by atoms with van der Waals surface area (Å²) in [6.07, 6.45) is 1.43. The third-order valence-corrected chi connectivity index (χ3v) is 5.21. The number of ether oxygens (including phenoxy) is 1. The summed E-state index contributed by atoms with van der Waals surface area (Å²) in [6.45, 7) is 0.000220. The fourth-order valence-electron chi connectivity index (χ4n) is 3.57. The third kappa shape index (κ3) is 4.64. The van der Waals surface area contributed by atoms with E-state index < -0.39 is 41.0 Å². The first-order valence-electron chi connectivity index (χ1n) is 10.3. The average molecular weight is 469 g/mol. The molecule has 2 aromatic carbocycles. The lowest BCUT2D eigenvalue weighted by Gasteiger charge is -2.13. The first-order chi connectivity index (χ1) is 16.4. The Bertz CT molecular complexity index is 1460. The standard InChI is InChI=1S/C23H21F2N5O4/c1-34-10-9-28-14-26-21-20(28)22(32)30(23(33)29(21)12-15-5-3-2-4-6-15)13-19(31)27-18-11-16(24)7-8-17(18)25/h2-8,11,14H,9-10,12-13H2,1H3,(H,27,31). The van der Waals surface area contributed by atoms with Gasteiger partial charge in [-0.15, -0.1) is 0 Å². The molecule has 0 radical (unpaired) electrons. The number of anilines is 1. The molecule has 9 nitrogen and oxygen atoms in total. The van der Waals surface area contributed by atoms with Crippen molar-refractivity contribution in [3.8, 4) is 0 Å². The van der Waals surface area contributed by atoms with Gasteiger partial charge in [-0.1, -0.05) is 30.3 Å². The van der Waals surface area contributed by atoms with E-state index in [0.717, 1.165) is 28.3 Å². The molecule has 176 valence electrons. The van der Waals surface area contributed by atoms with E-state index in [2.05, 4.69) is 10.3 Å². The van der Waals surface area contributed by atoms with Gasteiger partial charge in [-0.3, -0.25) is 14.2 Å². The number of benzene rings is 2. The van der Waals surface area contributed by atoms with Crippen molar-refractivity contribution in [2.24, 2.45) is 0 Å². The molecule has 4 rings (SSSR count). The predicted octanol–water partition coefficient (Wildman–Crippen LogP) is 1.97. The van der Waals surface area contributed by atoms with Gasteiger partial charge in [-0.05, 0) is 17.7 Å². The molecule has 1 N–H and O–H groups in total. The molecule has 2 heterocycles. The molecular formula is C23H21F2N5O4. The van der Waals surface area contributed by atoms with Crippen molar-refractivity contribution in [1.29, 1.82) is 0 Å². The van der Waals surface area contributed by atoms with E-state index in [-0.39, 0.29) is 17.7 Å². The summed E-state index contributed by atoms with van der Waals surface area (Å²) in [5.74, 6) is -2.46. The highest BCUT2D eigenvalue weighted by molar-refractivity contribution is 5.90. The zero-order valence-corrected chi connectivity index (χ0v) is 18.2. The molecule has 34 heavy (non-hydrogen) atoms. The van der Waals surface area contributed by atoms with Crippen molar-refractivity contribution in [3.63, 3.8) is 0 Å². The van der Waals surface area contributed by atoms with Crippen molar-refractivity contribution in [3.05, 3.63) is 92.9 Å². The number of carbonyl (C=O) groups excluding carboxylic acids is 1. The second kappa shape index (κ2) is 9.79. The van der Waals surface area contributed by atoms with Crippen LogP contribution in [-0.4, -0.2) is 38.3 Å². The van der Waals surface area contributed by atoms with Crippen LogP contribution >= 0.6 is 0 Å². The molecule has 0 saturated carbocycles. The predicted molar refractivity (Wildman–Crippen MR) is 121 cm³/mol. The van der Waals surface area contributed by atoms with E-state index in [0.29, 0.717) is 13.2 Å². The van der Waals surface area contributed by atoms with Gasteiger partial charge < -0.3 is 14.6 Å². The maximum absolute atomic E-state index is 13.9. The molecular weight excluding hydrogens is 448 g/mol. The first-order valence-corrected chi connectivity index (χ1v) is 10.3. The molecule has 2 aromatic heterocycles. The van der Waals surface area contributed by atoms with Crippen LogP contribution in [0, 0.1) is 11.6 Å². The van der Waals surface area contributed by atoms with Crippen LogP contribution in [0.15, 0.2) is 64.4 Å². The van der Waals surface area contributed by atoms with Crippen molar-refractivity contribution in [1.82, 2.24) is 18.7 Å². The van der Waals surface area contributed by atoms with E-state index in [4.69, 9.17) is 4.74 Å². The molecule has 4 aromatic rings. The second-order valence-electron chi connectivity index (χ2n) is 7.52. The summed E-state index contributed by atoms with van der Waals surface area (Å²) in [5.41, 5.74) is -0.802. The molecule has 0 aliphatic carbocycles. The fraction of sp³-hybridized carbons (Fsp3) is 0.217. The van der Waals surface area contributed by atoms with Gasteiger partial charge in [0, 0.05) is 19.7 Å². The highest BCUT2D eigenvalue weighted by atomic mass is 19.1. The van der Waals surface area contributed by atoms with E-state index in [1.165, 1.54) is 18.0 Å². The quantitative estimate of drug-likeness (QED) is 0.425. The molecule has 0 saturated heterocycles. The number of aromatic nitrogens is 4. The third-order valence-electron chi connectivity index (χ3n) is 5.21. The van der Waals surface area contributed by atoms with E-state index >= 15 is 0 Å². The molecule has 0 aliphatic rings. The molecule has 11 heteroatoms. The summed E-state index contributed by atoms with van der Waals surface area (Å²) >= 11 is 0. The van der Waals surface area contributed by atoms with Crippen LogP contribution in [-0.2, 0) is 29.2 Å². The van der Waals surface area contributed by atoms with Gasteiger partial charge in [0.05, 0.1) is 25.2 Å². The minimum atomic E-state index is -0.864. The Hall–Kier alpha value is -4.12. The number of imidazole rings is 1. The van der Waals surface area contributed by atoms with Gasteiger partial charge in [-0.2, -0.15) is 0 Å². The van der Waals surface area contributed by atoms with Crippen LogP contribution in [0.1, 0.15) is 5.56 Å². The van der Waals surface area contributed by atoms with Gasteiger partial charge in [-0.25, -0.2) is 23.1 Å². The number of nitrogens with zero attached hydrogens (tertiary/aromatic N) is 4. The van der Waals surface area contributed by atoms with Crippen molar-refractivity contribution >= 4 is 22.8 Å². The number of methoxy groups -OCH3 is 1. The molecule has 1 amide bonds. The number of carbonyl (C=O) groups is 1. The van der Waals surface area contributed by atoms with Crippen molar-refractivity contribution in [2.45, 2.75) is 19.6 Å². The number of nitrogens with one attached hydrogen (secondary N) is 1. The number of fused-ring (bicyclic) bond motifs is 1. The Balaban J connectivity index is 1.78. The van der Waals surface area contributed by atoms with Gasteiger partial charge in [0.15, 0.2) is 11.2 Å². The highest BCUT2D eigenvalue weighted by Gasteiger charge is 2.20. The SMILES string of the molecule is COCCn1cnc2c1c(=O)n(CC(=O)Nc1cc(F)ccc1F)c(=O)n2Cc1ccccc1. The molecule has 0 unspecified atom stereocenters. The Morgan fingerprint density at radius 3 is 2.59 bits per heavy atom. The molecule has 0 atom stereocenters. The number of hydrogen-bond donors (Lipinski definition) is 1. The molecule has 0 fully saturated rings. The van der Waals surface area contributed by atoms with E-state index in [1.54, 1.807) is 4.57 Å². The Labute approximate surface area is 191 Å². The molecule has 0 aliphatic heterocycles. The topological polar surface area (TPSA) is 100 Å². The van der Waals surface area contributed by atoms with Crippen LogP contribution in [0.5, 0.6) is 0 Å². The van der Waals surface area contributed by atoms with Crippen LogP contribution in [0.2, 0.25) is 0 Å². The summed E-state index contributed by atoms with van der Waals surface area (Å²) in [7, 11) is 1.51. The zero-order valence-electron chi connectivity index (χ0n) is 18.2. The zero-order chi connectivity index (χ0) is 24.2. The van der Waals surface area contributed by atoms with Crippen molar-refractivity contribution in [2.75, 3.05) is 19.0 Å². The lowest BCUT2D eigenvalue weighted by Crippen LogP contribution is -2.43. The normalized spacial score (nSPS) is 11.1. The largest absolute Gasteiger partial charge is 0.383 e. The lowest BCUT2D eigenvalue weighted by molar-refractivity contribution is -0.116.